The Labute approximate surface area is 284 Å². The molecule has 3 aromatic heterocycles. The lowest BCUT2D eigenvalue weighted by Crippen LogP contribution is -2.33. The Kier molecular flexibility index (Phi) is 11.2. The molecule has 0 N–H and O–H groups in total. The maximum absolute atomic E-state index is 15.2. The summed E-state index contributed by atoms with van der Waals surface area (Å²) in [6.45, 7) is -0.296. The van der Waals surface area contributed by atoms with E-state index in [2.05, 4.69) is 15.0 Å². The highest BCUT2D eigenvalue weighted by Crippen LogP contribution is 2.37. The molecule has 0 fully saturated rings. The zero-order chi connectivity index (χ0) is 35.1. The van der Waals surface area contributed by atoms with E-state index in [4.69, 9.17) is 30.8 Å². The fraction of sp³-hybridized carbons (Fsp3) is 0.294. The van der Waals surface area contributed by atoms with Gasteiger partial charge in [-0.25, -0.2) is 18.7 Å². The minimum absolute atomic E-state index is 0.000297. The summed E-state index contributed by atoms with van der Waals surface area (Å²) in [6, 6.07) is 17.2. The first-order valence-electron chi connectivity index (χ1n) is 15.0. The first-order chi connectivity index (χ1) is 23.5. The fourth-order valence-corrected chi connectivity index (χ4v) is 5.42. The van der Waals surface area contributed by atoms with Crippen LogP contribution in [0.15, 0.2) is 73.1 Å². The third-order valence-corrected chi connectivity index (χ3v) is 7.93. The number of anilines is 2. The van der Waals surface area contributed by atoms with Gasteiger partial charge in [0.05, 0.1) is 25.6 Å². The van der Waals surface area contributed by atoms with Crippen LogP contribution in [0.1, 0.15) is 29.7 Å². The molecule has 9 nitrogen and oxygen atoms in total. The summed E-state index contributed by atoms with van der Waals surface area (Å²) in [5, 5.41) is -0.549. The van der Waals surface area contributed by atoms with Crippen LogP contribution in [0.4, 0.5) is 33.6 Å². The molecule has 258 valence electrons. The van der Waals surface area contributed by atoms with Crippen molar-refractivity contribution in [2.75, 3.05) is 43.8 Å². The molecule has 1 atom stereocenters. The van der Waals surface area contributed by atoms with E-state index in [1.54, 1.807) is 33.4 Å². The summed E-state index contributed by atoms with van der Waals surface area (Å²) in [7, 11) is 3.17. The van der Waals surface area contributed by atoms with E-state index in [0.29, 0.717) is 36.0 Å². The monoisotopic (exact) mass is 702 g/mol. The summed E-state index contributed by atoms with van der Waals surface area (Å²) in [4.78, 5) is 20.2. The lowest BCUT2D eigenvalue weighted by Gasteiger charge is -2.34. The van der Waals surface area contributed by atoms with Crippen molar-refractivity contribution in [3.05, 3.63) is 101 Å². The molecule has 49 heavy (non-hydrogen) atoms. The predicted molar refractivity (Wildman–Crippen MR) is 176 cm³/mol. The number of fused-ring (bicyclic) bond motifs is 1. The molecule has 0 radical (unpaired) electrons. The number of methoxy groups -OCH3 is 2. The molecule has 5 aromatic rings. The van der Waals surface area contributed by atoms with Crippen molar-refractivity contribution in [1.82, 2.24) is 19.9 Å². The molecule has 0 saturated carbocycles. The third-order valence-electron chi connectivity index (χ3n) is 7.66. The van der Waals surface area contributed by atoms with Gasteiger partial charge in [0, 0.05) is 37.6 Å². The van der Waals surface area contributed by atoms with Crippen LogP contribution in [0.3, 0.4) is 0 Å². The number of halogens is 6. The largest absolute Gasteiger partial charge is 0.497 e. The summed E-state index contributed by atoms with van der Waals surface area (Å²) in [5.41, 5.74) is 2.10. The summed E-state index contributed by atoms with van der Waals surface area (Å²) in [6.07, 6.45) is -1.91. The van der Waals surface area contributed by atoms with E-state index in [0.717, 1.165) is 11.1 Å². The van der Waals surface area contributed by atoms with Crippen molar-refractivity contribution >= 4 is 34.1 Å². The van der Waals surface area contributed by atoms with Crippen molar-refractivity contribution in [2.24, 2.45) is 0 Å². The number of alkyl halides is 4. The van der Waals surface area contributed by atoms with Crippen molar-refractivity contribution < 1.29 is 36.2 Å². The van der Waals surface area contributed by atoms with E-state index in [9.17, 15) is 17.6 Å². The van der Waals surface area contributed by atoms with Crippen molar-refractivity contribution in [2.45, 2.75) is 32.2 Å². The molecule has 1 unspecified atom stereocenters. The second-order valence-corrected chi connectivity index (χ2v) is 11.2. The zero-order valence-corrected chi connectivity index (χ0v) is 27.5. The second kappa shape index (κ2) is 15.5. The summed E-state index contributed by atoms with van der Waals surface area (Å²) in [5.74, 6) is 0.760. The van der Waals surface area contributed by atoms with Crippen LogP contribution < -0.4 is 24.0 Å². The molecular formula is C34H32ClF5N6O3. The van der Waals surface area contributed by atoms with Crippen molar-refractivity contribution in [1.29, 1.82) is 0 Å². The van der Waals surface area contributed by atoms with Gasteiger partial charge in [0.25, 0.3) is 0 Å². The Morgan fingerprint density at radius 2 is 1.47 bits per heavy atom. The second-order valence-electron chi connectivity index (χ2n) is 10.9. The molecule has 2 aromatic carbocycles. The van der Waals surface area contributed by atoms with Gasteiger partial charge in [-0.15, -0.1) is 0 Å². The van der Waals surface area contributed by atoms with E-state index in [-0.39, 0.29) is 17.7 Å². The van der Waals surface area contributed by atoms with Gasteiger partial charge in [-0.3, -0.25) is 0 Å². The lowest BCUT2D eigenvalue weighted by molar-refractivity contribution is -0.154. The van der Waals surface area contributed by atoms with Crippen LogP contribution in [-0.4, -0.2) is 60.2 Å². The van der Waals surface area contributed by atoms with Crippen LogP contribution in [0.25, 0.3) is 10.9 Å². The number of pyridine rings is 2. The standard InChI is InChI=1S/C34H32ClF5N6O3/c1-21(46(16-14-36)32-27-17-42-30(35)28(37)29(27)43-33(44-32)49-20-34(38,39)40)26-5-4-15-41-31(26)45(18-22-6-10-24(47-2)11-7-22)19-23-8-12-25(48-3)13-9-23/h4-13,15,17,21H,14,16,18-20H2,1-3H3. The van der Waals surface area contributed by atoms with Crippen LogP contribution in [0.5, 0.6) is 17.5 Å². The van der Waals surface area contributed by atoms with Gasteiger partial charge >= 0.3 is 12.2 Å². The summed E-state index contributed by atoms with van der Waals surface area (Å²) >= 11 is 5.89. The topological polar surface area (TPSA) is 85.7 Å². The van der Waals surface area contributed by atoms with E-state index >= 15 is 4.39 Å². The average molecular weight is 703 g/mol. The van der Waals surface area contributed by atoms with Crippen molar-refractivity contribution in [3.63, 3.8) is 0 Å². The summed E-state index contributed by atoms with van der Waals surface area (Å²) < 4.78 is 84.1. The number of benzene rings is 2. The Morgan fingerprint density at radius 3 is 2.02 bits per heavy atom. The molecular weight excluding hydrogens is 671 g/mol. The minimum Gasteiger partial charge on any atom is -0.497 e. The van der Waals surface area contributed by atoms with E-state index in [1.807, 2.05) is 59.5 Å². The highest BCUT2D eigenvalue weighted by Gasteiger charge is 2.31. The quantitative estimate of drug-likeness (QED) is 0.0847. The number of hydrogen-bond donors (Lipinski definition) is 0. The lowest BCUT2D eigenvalue weighted by atomic mass is 10.0. The molecule has 0 saturated heterocycles. The number of aromatic nitrogens is 4. The number of nitrogens with zero attached hydrogens (tertiary/aromatic N) is 6. The van der Waals surface area contributed by atoms with Gasteiger partial charge in [0.1, 0.15) is 35.3 Å². The molecule has 0 aliphatic heterocycles. The SMILES string of the molecule is COc1ccc(CN(Cc2ccc(OC)cc2)c2ncccc2C(C)N(CCF)c2nc(OCC(F)(F)F)nc3c(F)c(Cl)ncc23)cc1. The Hall–Kier alpha value is -4.98. The van der Waals surface area contributed by atoms with Crippen LogP contribution >= 0.6 is 11.6 Å². The maximum atomic E-state index is 15.2. The molecule has 0 amide bonds. The smallest absolute Gasteiger partial charge is 0.422 e. The van der Waals surface area contributed by atoms with E-state index < -0.39 is 48.0 Å². The molecule has 0 aliphatic carbocycles. The fourth-order valence-electron chi connectivity index (χ4n) is 5.28. The normalized spacial score (nSPS) is 12.1. The Balaban J connectivity index is 1.60. The maximum Gasteiger partial charge on any atom is 0.422 e. The highest BCUT2D eigenvalue weighted by atomic mass is 35.5. The number of rotatable bonds is 14. The predicted octanol–water partition coefficient (Wildman–Crippen LogP) is 7.91. The van der Waals surface area contributed by atoms with Gasteiger partial charge in [-0.2, -0.15) is 23.1 Å². The molecule has 0 aliphatic rings. The number of hydrogen-bond acceptors (Lipinski definition) is 9. The minimum atomic E-state index is -4.72. The zero-order valence-electron chi connectivity index (χ0n) is 26.7. The highest BCUT2D eigenvalue weighted by molar-refractivity contribution is 6.30. The van der Waals surface area contributed by atoms with Gasteiger partial charge in [0.2, 0.25) is 0 Å². The van der Waals surface area contributed by atoms with Crippen LogP contribution in [0, 0.1) is 5.82 Å². The van der Waals surface area contributed by atoms with Gasteiger partial charge in [-0.05, 0) is 48.4 Å². The Morgan fingerprint density at radius 1 is 0.857 bits per heavy atom. The van der Waals surface area contributed by atoms with Gasteiger partial charge in [0.15, 0.2) is 17.6 Å². The van der Waals surface area contributed by atoms with Gasteiger partial charge < -0.3 is 24.0 Å². The third kappa shape index (κ3) is 8.55. The average Bonchev–Trinajstić information content (AvgIpc) is 3.11. The first kappa shape index (κ1) is 35.3. The molecule has 15 heteroatoms. The van der Waals surface area contributed by atoms with Gasteiger partial charge in [-0.1, -0.05) is 41.9 Å². The Bertz CT molecular complexity index is 1820. The molecule has 0 spiro atoms. The molecule has 0 bridgehead atoms. The first-order valence-corrected chi connectivity index (χ1v) is 15.4. The number of ether oxygens (including phenoxy) is 3. The molecule has 5 rings (SSSR count). The van der Waals surface area contributed by atoms with Crippen molar-refractivity contribution in [3.8, 4) is 17.5 Å². The van der Waals surface area contributed by atoms with Crippen LogP contribution in [-0.2, 0) is 13.1 Å². The van der Waals surface area contributed by atoms with E-state index in [1.165, 1.54) is 11.1 Å². The molecule has 3 heterocycles. The van der Waals surface area contributed by atoms with Crippen LogP contribution in [0.2, 0.25) is 5.15 Å².